The number of halogens is 3. The molecular weight excluding hydrogens is 449 g/mol. The van der Waals surface area contributed by atoms with Crippen LogP contribution < -0.4 is 10.6 Å². The van der Waals surface area contributed by atoms with Gasteiger partial charge < -0.3 is 15.2 Å². The van der Waals surface area contributed by atoms with Crippen LogP contribution in [0.3, 0.4) is 0 Å². The van der Waals surface area contributed by atoms with Crippen molar-refractivity contribution in [1.29, 1.82) is 0 Å². The Bertz CT molecular complexity index is 1330. The van der Waals surface area contributed by atoms with Crippen molar-refractivity contribution in [3.05, 3.63) is 48.5 Å². The van der Waals surface area contributed by atoms with Gasteiger partial charge in [-0.25, -0.2) is 15.0 Å². The summed E-state index contributed by atoms with van der Waals surface area (Å²) in [6.45, 7) is 3.62. The summed E-state index contributed by atoms with van der Waals surface area (Å²) in [6, 6.07) is 5.42. The van der Waals surface area contributed by atoms with E-state index in [-0.39, 0.29) is 24.4 Å². The normalized spacial score (nSPS) is 11.9. The van der Waals surface area contributed by atoms with Gasteiger partial charge in [0, 0.05) is 49.7 Å². The number of fused-ring (bicyclic) bond motifs is 1. The summed E-state index contributed by atoms with van der Waals surface area (Å²) >= 11 is 0. The number of alkyl halides is 3. The minimum atomic E-state index is -4.25. The lowest BCUT2D eigenvalue weighted by Gasteiger charge is -2.09. The summed E-state index contributed by atoms with van der Waals surface area (Å²) < 4.78 is 40.7. The molecule has 0 aliphatic carbocycles. The topological polar surface area (TPSA) is 103 Å². The van der Waals surface area contributed by atoms with Crippen LogP contribution >= 0.6 is 0 Å². The Morgan fingerprint density at radius 2 is 1.97 bits per heavy atom. The van der Waals surface area contributed by atoms with Crippen molar-refractivity contribution in [2.24, 2.45) is 7.05 Å². The molecule has 178 valence electrons. The zero-order valence-corrected chi connectivity index (χ0v) is 18.8. The Morgan fingerprint density at radius 1 is 1.18 bits per heavy atom. The number of rotatable bonds is 7. The molecule has 0 unspecified atom stereocenters. The smallest absolute Gasteiger partial charge is 0.354 e. The maximum Gasteiger partial charge on any atom is 0.390 e. The Kier molecular flexibility index (Phi) is 6.22. The average Bonchev–Trinajstić information content (AvgIpc) is 3.39. The molecule has 1 amide bonds. The molecule has 9 nitrogen and oxygen atoms in total. The number of nitrogens with one attached hydrogen (secondary N) is 2. The van der Waals surface area contributed by atoms with E-state index < -0.39 is 12.6 Å². The Labute approximate surface area is 193 Å². The van der Waals surface area contributed by atoms with Crippen molar-refractivity contribution in [2.75, 3.05) is 17.2 Å². The molecule has 0 saturated carbocycles. The first kappa shape index (κ1) is 23.2. The van der Waals surface area contributed by atoms with E-state index in [2.05, 4.69) is 30.7 Å². The van der Waals surface area contributed by atoms with Crippen molar-refractivity contribution in [3.8, 4) is 11.4 Å². The summed E-state index contributed by atoms with van der Waals surface area (Å²) in [5.74, 6) is 0.165. The van der Waals surface area contributed by atoms with Crippen molar-refractivity contribution < 1.29 is 18.0 Å². The standard InChI is InChI=1S/C22H23F3N8O/c1-13(2)33-12-15(11-29-33)20(34)31-19-9-17-14(10-28-19)8-18(32(17)3)16-4-6-26-21(30-16)27-7-5-22(23,24)25/h4,6,8-13H,5,7H2,1-3H3,(H,26,27,30)(H,28,31,34). The van der Waals surface area contributed by atoms with Crippen molar-refractivity contribution in [3.63, 3.8) is 0 Å². The van der Waals surface area contributed by atoms with Gasteiger partial charge >= 0.3 is 6.18 Å². The number of carbonyl (C=O) groups is 1. The largest absolute Gasteiger partial charge is 0.390 e. The first-order valence-electron chi connectivity index (χ1n) is 10.6. The first-order chi connectivity index (χ1) is 16.1. The molecule has 0 aromatic carbocycles. The number of pyridine rings is 1. The second-order valence-corrected chi connectivity index (χ2v) is 8.03. The van der Waals surface area contributed by atoms with Crippen LogP contribution in [0.5, 0.6) is 0 Å². The highest BCUT2D eigenvalue weighted by Crippen LogP contribution is 2.27. The van der Waals surface area contributed by atoms with Crippen LogP contribution in [0.15, 0.2) is 43.0 Å². The van der Waals surface area contributed by atoms with Gasteiger partial charge in [0.1, 0.15) is 5.82 Å². The lowest BCUT2D eigenvalue weighted by molar-refractivity contribution is -0.131. The second-order valence-electron chi connectivity index (χ2n) is 8.03. The van der Waals surface area contributed by atoms with E-state index in [0.29, 0.717) is 17.1 Å². The third-order valence-corrected chi connectivity index (χ3v) is 5.17. The van der Waals surface area contributed by atoms with E-state index >= 15 is 0 Å². The molecule has 2 N–H and O–H groups in total. The molecule has 0 aliphatic heterocycles. The van der Waals surface area contributed by atoms with Gasteiger partial charge in [-0.3, -0.25) is 9.48 Å². The van der Waals surface area contributed by atoms with E-state index in [1.54, 1.807) is 29.2 Å². The lowest BCUT2D eigenvalue weighted by Crippen LogP contribution is -2.15. The Balaban J connectivity index is 1.54. The van der Waals surface area contributed by atoms with E-state index in [4.69, 9.17) is 0 Å². The van der Waals surface area contributed by atoms with Crippen LogP contribution in [-0.4, -0.2) is 47.9 Å². The number of amides is 1. The van der Waals surface area contributed by atoms with Crippen LogP contribution in [0, 0.1) is 0 Å². The molecular formula is C22H23F3N8O. The molecule has 4 heterocycles. The van der Waals surface area contributed by atoms with Gasteiger partial charge in [0.15, 0.2) is 0 Å². The van der Waals surface area contributed by atoms with Gasteiger partial charge in [-0.15, -0.1) is 0 Å². The minimum absolute atomic E-state index is 0.111. The van der Waals surface area contributed by atoms with E-state index in [9.17, 15) is 18.0 Å². The van der Waals surface area contributed by atoms with Crippen LogP contribution in [0.2, 0.25) is 0 Å². The fraction of sp³-hybridized carbons (Fsp3) is 0.318. The average molecular weight is 472 g/mol. The molecule has 4 aromatic heterocycles. The molecule has 4 rings (SSSR count). The number of aryl methyl sites for hydroxylation is 1. The number of nitrogens with zero attached hydrogens (tertiary/aromatic N) is 6. The number of aromatic nitrogens is 6. The third-order valence-electron chi connectivity index (χ3n) is 5.17. The fourth-order valence-corrected chi connectivity index (χ4v) is 3.37. The van der Waals surface area contributed by atoms with E-state index in [1.165, 1.54) is 12.4 Å². The molecule has 0 spiro atoms. The SMILES string of the molecule is CC(C)n1cc(C(=O)Nc2cc3c(cn2)cc(-c2ccnc(NCCC(F)(F)F)n2)n3C)cn1. The Hall–Kier alpha value is -3.96. The molecule has 0 radical (unpaired) electrons. The number of carbonyl (C=O) groups excluding carboxylic acids is 1. The third kappa shape index (κ3) is 5.16. The Morgan fingerprint density at radius 3 is 2.68 bits per heavy atom. The lowest BCUT2D eigenvalue weighted by atomic mass is 10.2. The van der Waals surface area contributed by atoms with Crippen molar-refractivity contribution in [1.82, 2.24) is 29.3 Å². The predicted octanol–water partition coefficient (Wildman–Crippen LogP) is 4.42. The van der Waals surface area contributed by atoms with Crippen molar-refractivity contribution in [2.45, 2.75) is 32.5 Å². The molecule has 0 fully saturated rings. The minimum Gasteiger partial charge on any atom is -0.354 e. The molecule has 0 atom stereocenters. The van der Waals surface area contributed by atoms with E-state index in [0.717, 1.165) is 16.6 Å². The summed E-state index contributed by atoms with van der Waals surface area (Å²) in [6.07, 6.45) is 1.06. The summed E-state index contributed by atoms with van der Waals surface area (Å²) in [4.78, 5) is 25.2. The van der Waals surface area contributed by atoms with Gasteiger partial charge in [0.25, 0.3) is 5.91 Å². The monoisotopic (exact) mass is 472 g/mol. The maximum atomic E-state index is 12.6. The molecule has 0 saturated heterocycles. The zero-order chi connectivity index (χ0) is 24.5. The van der Waals surface area contributed by atoms with Gasteiger partial charge in [-0.05, 0) is 26.0 Å². The van der Waals surface area contributed by atoms with Crippen LogP contribution in [-0.2, 0) is 7.05 Å². The fourth-order valence-electron chi connectivity index (χ4n) is 3.37. The number of hydrogen-bond donors (Lipinski definition) is 2. The molecule has 4 aromatic rings. The second kappa shape index (κ2) is 9.12. The molecule has 0 aliphatic rings. The summed E-state index contributed by atoms with van der Waals surface area (Å²) in [7, 11) is 1.83. The van der Waals surface area contributed by atoms with Crippen molar-refractivity contribution >= 4 is 28.6 Å². The van der Waals surface area contributed by atoms with Crippen LogP contribution in [0.4, 0.5) is 24.9 Å². The number of anilines is 2. The van der Waals surface area contributed by atoms with Gasteiger partial charge in [-0.2, -0.15) is 18.3 Å². The number of hydrogen-bond acceptors (Lipinski definition) is 6. The van der Waals surface area contributed by atoms with Gasteiger partial charge in [-0.1, -0.05) is 0 Å². The van der Waals surface area contributed by atoms with Crippen LogP contribution in [0.1, 0.15) is 36.7 Å². The van der Waals surface area contributed by atoms with E-state index in [1.807, 2.05) is 31.5 Å². The molecule has 34 heavy (non-hydrogen) atoms. The van der Waals surface area contributed by atoms with Crippen LogP contribution in [0.25, 0.3) is 22.3 Å². The van der Waals surface area contributed by atoms with Gasteiger partial charge in [0.2, 0.25) is 5.95 Å². The maximum absolute atomic E-state index is 12.6. The van der Waals surface area contributed by atoms with Gasteiger partial charge in [0.05, 0.1) is 35.1 Å². The summed E-state index contributed by atoms with van der Waals surface area (Å²) in [5.41, 5.74) is 2.48. The zero-order valence-electron chi connectivity index (χ0n) is 18.8. The predicted molar refractivity (Wildman–Crippen MR) is 121 cm³/mol. The molecule has 0 bridgehead atoms. The first-order valence-corrected chi connectivity index (χ1v) is 10.6. The highest BCUT2D eigenvalue weighted by Gasteiger charge is 2.26. The highest BCUT2D eigenvalue weighted by atomic mass is 19.4. The molecule has 12 heteroatoms. The summed E-state index contributed by atoms with van der Waals surface area (Å²) in [5, 5.41) is 10.4. The highest BCUT2D eigenvalue weighted by molar-refractivity contribution is 6.04. The quantitative estimate of drug-likeness (QED) is 0.413.